The number of benzene rings is 2. The number of fused-ring (bicyclic) bond motifs is 1. The third-order valence-corrected chi connectivity index (χ3v) is 4.19. The quantitative estimate of drug-likeness (QED) is 0.838. The van der Waals surface area contributed by atoms with E-state index in [9.17, 15) is 9.18 Å². The van der Waals surface area contributed by atoms with Crippen molar-refractivity contribution in [3.8, 4) is 5.75 Å². The number of amides is 1. The van der Waals surface area contributed by atoms with Crippen molar-refractivity contribution in [2.24, 2.45) is 0 Å². The molecule has 3 rings (SSSR count). The molecule has 2 aromatic carbocycles. The van der Waals surface area contributed by atoms with Crippen LogP contribution in [0.3, 0.4) is 0 Å². The predicted molar refractivity (Wildman–Crippen MR) is 97.4 cm³/mol. The van der Waals surface area contributed by atoms with Gasteiger partial charge >= 0.3 is 0 Å². The van der Waals surface area contributed by atoms with Gasteiger partial charge in [0.1, 0.15) is 23.2 Å². The van der Waals surface area contributed by atoms with Crippen molar-refractivity contribution in [2.75, 3.05) is 22.5 Å². The van der Waals surface area contributed by atoms with Crippen LogP contribution < -0.4 is 20.7 Å². The minimum Gasteiger partial charge on any atom is -0.484 e. The number of ether oxygens (including phenoxy) is 1. The summed E-state index contributed by atoms with van der Waals surface area (Å²) in [5.74, 6) is 0.150. The fourth-order valence-electron chi connectivity index (χ4n) is 2.94. The van der Waals surface area contributed by atoms with Gasteiger partial charge in [-0.2, -0.15) is 0 Å². The number of hydrogen-bond acceptors (Lipinski definition) is 4. The highest BCUT2D eigenvalue weighted by Gasteiger charge is 2.36. The van der Waals surface area contributed by atoms with Crippen LogP contribution in [0.25, 0.3) is 0 Å². The largest absolute Gasteiger partial charge is 0.484 e. The molecule has 0 radical (unpaired) electrons. The van der Waals surface area contributed by atoms with Gasteiger partial charge in [-0.1, -0.05) is 0 Å². The molecule has 6 heteroatoms. The van der Waals surface area contributed by atoms with Crippen LogP contribution in [0.15, 0.2) is 42.5 Å². The van der Waals surface area contributed by atoms with E-state index in [0.29, 0.717) is 23.7 Å². The zero-order chi connectivity index (χ0) is 18.2. The van der Waals surface area contributed by atoms with Crippen LogP contribution in [-0.2, 0) is 4.79 Å². The lowest BCUT2D eigenvalue weighted by Gasteiger charge is -2.43. The summed E-state index contributed by atoms with van der Waals surface area (Å²) in [6.45, 7) is 6.33. The van der Waals surface area contributed by atoms with E-state index in [0.717, 1.165) is 5.69 Å². The number of hydrogen-bond donors (Lipinski definition) is 2. The maximum Gasteiger partial charge on any atom is 0.246 e. The average Bonchev–Trinajstić information content (AvgIpc) is 2.54. The first-order valence-electron chi connectivity index (χ1n) is 8.17. The SMILES string of the molecule is CC(C(=O)Nc1ccc(F)cc1)N1CC(C)(C)Oc2cc(N)ccc21. The first-order chi connectivity index (χ1) is 11.7. The number of carbonyl (C=O) groups excluding carboxylic acids is 1. The van der Waals surface area contributed by atoms with Crippen molar-refractivity contribution in [3.05, 3.63) is 48.3 Å². The molecular formula is C19H22FN3O2. The Labute approximate surface area is 146 Å². The van der Waals surface area contributed by atoms with Gasteiger partial charge in [-0.05, 0) is 57.2 Å². The Kier molecular flexibility index (Phi) is 4.29. The molecule has 1 unspecified atom stereocenters. The van der Waals surface area contributed by atoms with Gasteiger partial charge in [-0.3, -0.25) is 4.79 Å². The number of halogens is 1. The molecule has 1 aliphatic rings. The second-order valence-corrected chi connectivity index (χ2v) is 6.89. The van der Waals surface area contributed by atoms with Gasteiger partial charge in [0.25, 0.3) is 0 Å². The van der Waals surface area contributed by atoms with Crippen molar-refractivity contribution in [1.82, 2.24) is 0 Å². The summed E-state index contributed by atoms with van der Waals surface area (Å²) in [4.78, 5) is 14.7. The van der Waals surface area contributed by atoms with Gasteiger partial charge < -0.3 is 20.7 Å². The Morgan fingerprint density at radius 3 is 2.64 bits per heavy atom. The maximum absolute atomic E-state index is 13.0. The van der Waals surface area contributed by atoms with Crippen molar-refractivity contribution >= 4 is 23.0 Å². The minimum atomic E-state index is -0.453. The molecule has 1 heterocycles. The molecular weight excluding hydrogens is 321 g/mol. The summed E-state index contributed by atoms with van der Waals surface area (Å²) in [5.41, 5.74) is 7.40. The van der Waals surface area contributed by atoms with Gasteiger partial charge in [0.2, 0.25) is 5.91 Å². The van der Waals surface area contributed by atoms with Gasteiger partial charge in [-0.25, -0.2) is 4.39 Å². The smallest absolute Gasteiger partial charge is 0.246 e. The van der Waals surface area contributed by atoms with Crippen molar-refractivity contribution in [3.63, 3.8) is 0 Å². The lowest BCUT2D eigenvalue weighted by atomic mass is 10.0. The number of rotatable bonds is 3. The second kappa shape index (κ2) is 6.27. The van der Waals surface area contributed by atoms with E-state index in [4.69, 9.17) is 10.5 Å². The molecule has 132 valence electrons. The van der Waals surface area contributed by atoms with Crippen LogP contribution in [-0.4, -0.2) is 24.1 Å². The zero-order valence-electron chi connectivity index (χ0n) is 14.5. The molecule has 1 aliphatic heterocycles. The Morgan fingerprint density at radius 2 is 1.96 bits per heavy atom. The third-order valence-electron chi connectivity index (χ3n) is 4.19. The van der Waals surface area contributed by atoms with Crippen LogP contribution in [0.2, 0.25) is 0 Å². The molecule has 2 aromatic rings. The molecule has 0 saturated heterocycles. The summed E-state index contributed by atoms with van der Waals surface area (Å²) in [7, 11) is 0. The third kappa shape index (κ3) is 3.68. The molecule has 1 amide bonds. The summed E-state index contributed by atoms with van der Waals surface area (Å²) >= 11 is 0. The highest BCUT2D eigenvalue weighted by atomic mass is 19.1. The van der Waals surface area contributed by atoms with Crippen LogP contribution in [0, 0.1) is 5.82 Å². The van der Waals surface area contributed by atoms with Crippen LogP contribution in [0.1, 0.15) is 20.8 Å². The van der Waals surface area contributed by atoms with Crippen LogP contribution in [0.5, 0.6) is 5.75 Å². The van der Waals surface area contributed by atoms with E-state index in [1.165, 1.54) is 24.3 Å². The Balaban J connectivity index is 1.84. The molecule has 1 atom stereocenters. The molecule has 25 heavy (non-hydrogen) atoms. The molecule has 3 N–H and O–H groups in total. The number of nitrogens with two attached hydrogens (primary N) is 1. The lowest BCUT2D eigenvalue weighted by Crippen LogP contribution is -2.53. The zero-order valence-corrected chi connectivity index (χ0v) is 14.5. The minimum absolute atomic E-state index is 0.174. The van der Waals surface area contributed by atoms with Crippen molar-refractivity contribution in [2.45, 2.75) is 32.4 Å². The number of anilines is 3. The van der Waals surface area contributed by atoms with E-state index in [1.807, 2.05) is 31.7 Å². The molecule has 0 aromatic heterocycles. The predicted octanol–water partition coefficient (Wildman–Crippen LogP) is 3.41. The molecule has 0 bridgehead atoms. The Morgan fingerprint density at radius 1 is 1.28 bits per heavy atom. The maximum atomic E-state index is 13.0. The lowest BCUT2D eigenvalue weighted by molar-refractivity contribution is -0.117. The monoisotopic (exact) mass is 343 g/mol. The summed E-state index contributed by atoms with van der Waals surface area (Å²) in [6, 6.07) is 10.7. The molecule has 0 aliphatic carbocycles. The number of nitrogen functional groups attached to an aromatic ring is 1. The molecule has 0 fully saturated rings. The number of nitrogens with zero attached hydrogens (tertiary/aromatic N) is 1. The summed E-state index contributed by atoms with van der Waals surface area (Å²) in [5, 5.41) is 2.82. The van der Waals surface area contributed by atoms with Crippen molar-refractivity contribution < 1.29 is 13.9 Å². The van der Waals surface area contributed by atoms with Crippen molar-refractivity contribution in [1.29, 1.82) is 0 Å². The Bertz CT molecular complexity index is 790. The number of nitrogens with one attached hydrogen (secondary N) is 1. The second-order valence-electron chi connectivity index (χ2n) is 6.89. The van der Waals surface area contributed by atoms with Gasteiger partial charge in [0.15, 0.2) is 0 Å². The molecule has 0 saturated carbocycles. The highest BCUT2D eigenvalue weighted by Crippen LogP contribution is 2.39. The van der Waals surface area contributed by atoms with Gasteiger partial charge in [0, 0.05) is 17.4 Å². The van der Waals surface area contributed by atoms with Gasteiger partial charge in [-0.15, -0.1) is 0 Å². The summed E-state index contributed by atoms with van der Waals surface area (Å²) in [6.07, 6.45) is 0. The van der Waals surface area contributed by atoms with Gasteiger partial charge in [0.05, 0.1) is 12.2 Å². The Hall–Kier alpha value is -2.76. The standard InChI is InChI=1S/C19H22FN3O2/c1-12(18(24)22-15-7-4-13(20)5-8-15)23-11-19(2,3)25-17-10-14(21)6-9-16(17)23/h4-10,12H,11,21H2,1-3H3,(H,22,24). The topological polar surface area (TPSA) is 67.6 Å². The molecule has 5 nitrogen and oxygen atoms in total. The average molecular weight is 343 g/mol. The van der Waals surface area contributed by atoms with E-state index >= 15 is 0 Å². The van der Waals surface area contributed by atoms with E-state index < -0.39 is 11.6 Å². The van der Waals surface area contributed by atoms with E-state index in [2.05, 4.69) is 5.32 Å². The molecule has 0 spiro atoms. The van der Waals surface area contributed by atoms with E-state index in [1.54, 1.807) is 12.1 Å². The fourth-order valence-corrected chi connectivity index (χ4v) is 2.94. The number of carbonyl (C=O) groups is 1. The first kappa shape index (κ1) is 17.1. The highest BCUT2D eigenvalue weighted by molar-refractivity contribution is 5.97. The normalized spacial score (nSPS) is 16.6. The fraction of sp³-hybridized carbons (Fsp3) is 0.316. The van der Waals surface area contributed by atoms with Crippen LogP contribution >= 0.6 is 0 Å². The first-order valence-corrected chi connectivity index (χ1v) is 8.17. The van der Waals surface area contributed by atoms with E-state index in [-0.39, 0.29) is 11.7 Å². The van der Waals surface area contributed by atoms with Crippen LogP contribution in [0.4, 0.5) is 21.5 Å². The summed E-state index contributed by atoms with van der Waals surface area (Å²) < 4.78 is 19.0.